The molecule has 0 aliphatic carbocycles. The van der Waals surface area contributed by atoms with Crippen LogP contribution in [0.4, 0.5) is 5.82 Å². The van der Waals surface area contributed by atoms with Crippen molar-refractivity contribution >= 4 is 5.82 Å². The number of rotatable bonds is 1. The molecule has 0 aromatic carbocycles. The Balaban J connectivity index is 1.81. The van der Waals surface area contributed by atoms with Crippen LogP contribution >= 0.6 is 0 Å². The second-order valence-corrected chi connectivity index (χ2v) is 5.94. The topological polar surface area (TPSA) is 43.2 Å². The summed E-state index contributed by atoms with van der Waals surface area (Å²) in [7, 11) is 2.21. The molecule has 3 heterocycles. The van der Waals surface area contributed by atoms with Crippen LogP contribution in [0.3, 0.4) is 0 Å². The van der Waals surface area contributed by atoms with Crippen LogP contribution in [0.2, 0.25) is 0 Å². The second kappa shape index (κ2) is 4.82. The molecule has 4 nitrogen and oxygen atoms in total. The molecule has 1 aromatic rings. The molecule has 19 heavy (non-hydrogen) atoms. The van der Waals surface area contributed by atoms with Gasteiger partial charge in [0.1, 0.15) is 5.82 Å². The highest BCUT2D eigenvalue weighted by Crippen LogP contribution is 2.33. The summed E-state index contributed by atoms with van der Waals surface area (Å²) in [5, 5.41) is 9.07. The molecule has 0 N–H and O–H groups in total. The Hall–Kier alpha value is -1.60. The molecule has 2 fully saturated rings. The van der Waals surface area contributed by atoms with Gasteiger partial charge in [-0.2, -0.15) is 5.26 Å². The third-order valence-corrected chi connectivity index (χ3v) is 4.40. The normalized spacial score (nSPS) is 27.1. The number of likely N-dealkylation sites (tertiary alicyclic amines) is 1. The number of aryl methyl sites for hydroxylation is 1. The first-order valence-corrected chi connectivity index (χ1v) is 6.98. The lowest BCUT2D eigenvalue weighted by molar-refractivity contribution is 0.178. The minimum atomic E-state index is 0.717. The number of nitriles is 1. The summed E-state index contributed by atoms with van der Waals surface area (Å²) in [6.45, 7) is 6.54. The number of nitrogens with zero attached hydrogens (tertiary/aromatic N) is 4. The maximum absolute atomic E-state index is 9.07. The molecule has 2 aliphatic rings. The summed E-state index contributed by atoms with van der Waals surface area (Å²) in [6, 6.07) is 6.00. The van der Waals surface area contributed by atoms with E-state index in [4.69, 9.17) is 5.26 Å². The third-order valence-electron chi connectivity index (χ3n) is 4.40. The number of hydrogen-bond donors (Lipinski definition) is 0. The molecular weight excluding hydrogens is 236 g/mol. The van der Waals surface area contributed by atoms with E-state index in [0.717, 1.165) is 42.0 Å². The summed E-state index contributed by atoms with van der Waals surface area (Å²) < 4.78 is 0. The van der Waals surface area contributed by atoms with Gasteiger partial charge in [-0.15, -0.1) is 0 Å². The lowest BCUT2D eigenvalue weighted by Crippen LogP contribution is -2.37. The minimum absolute atomic E-state index is 0.717. The van der Waals surface area contributed by atoms with E-state index in [9.17, 15) is 0 Å². The van der Waals surface area contributed by atoms with Crippen LogP contribution in [-0.4, -0.2) is 43.1 Å². The Bertz CT molecular complexity index is 519. The molecule has 0 radical (unpaired) electrons. The van der Waals surface area contributed by atoms with E-state index in [-0.39, 0.29) is 0 Å². The van der Waals surface area contributed by atoms with Crippen molar-refractivity contribution in [1.29, 1.82) is 5.26 Å². The van der Waals surface area contributed by atoms with E-state index < -0.39 is 0 Å². The Kier molecular flexibility index (Phi) is 3.16. The quantitative estimate of drug-likeness (QED) is 0.766. The van der Waals surface area contributed by atoms with Gasteiger partial charge in [0.25, 0.3) is 0 Å². The van der Waals surface area contributed by atoms with Gasteiger partial charge in [-0.3, -0.25) is 0 Å². The first kappa shape index (κ1) is 12.4. The molecule has 1 aromatic heterocycles. The lowest BCUT2D eigenvalue weighted by Gasteiger charge is -2.31. The number of aromatic nitrogens is 1. The zero-order valence-electron chi connectivity index (χ0n) is 11.6. The van der Waals surface area contributed by atoms with Crippen LogP contribution in [0.5, 0.6) is 0 Å². The van der Waals surface area contributed by atoms with Crippen molar-refractivity contribution in [2.45, 2.75) is 13.3 Å². The Morgan fingerprint density at radius 3 is 2.84 bits per heavy atom. The van der Waals surface area contributed by atoms with Crippen molar-refractivity contribution in [2.24, 2.45) is 11.8 Å². The smallest absolute Gasteiger partial charge is 0.130 e. The summed E-state index contributed by atoms with van der Waals surface area (Å²) in [4.78, 5) is 9.39. The van der Waals surface area contributed by atoms with Gasteiger partial charge in [-0.05, 0) is 50.9 Å². The predicted octanol–water partition coefficient (Wildman–Crippen LogP) is 1.65. The number of hydrogen-bond acceptors (Lipinski definition) is 4. The van der Waals surface area contributed by atoms with E-state index in [0.29, 0.717) is 0 Å². The van der Waals surface area contributed by atoms with Gasteiger partial charge in [-0.25, -0.2) is 4.98 Å². The minimum Gasteiger partial charge on any atom is -0.356 e. The van der Waals surface area contributed by atoms with Crippen LogP contribution in [0, 0.1) is 30.1 Å². The van der Waals surface area contributed by atoms with Crippen LogP contribution in [0.15, 0.2) is 12.1 Å². The van der Waals surface area contributed by atoms with E-state index in [2.05, 4.69) is 27.9 Å². The lowest BCUT2D eigenvalue weighted by atomic mass is 9.89. The fraction of sp³-hybridized carbons (Fsp3) is 0.600. The highest BCUT2D eigenvalue weighted by Gasteiger charge is 2.36. The first-order chi connectivity index (χ1) is 9.15. The number of piperidine rings is 1. The zero-order valence-corrected chi connectivity index (χ0v) is 11.6. The van der Waals surface area contributed by atoms with Crippen molar-refractivity contribution < 1.29 is 0 Å². The second-order valence-electron chi connectivity index (χ2n) is 5.94. The molecule has 0 saturated carbocycles. The average Bonchev–Trinajstić information content (AvgIpc) is 2.80. The first-order valence-electron chi connectivity index (χ1n) is 6.98. The Morgan fingerprint density at radius 1 is 1.26 bits per heavy atom. The molecule has 0 amide bonds. The Labute approximate surface area is 114 Å². The van der Waals surface area contributed by atoms with Gasteiger partial charge in [0, 0.05) is 25.3 Å². The summed E-state index contributed by atoms with van der Waals surface area (Å²) >= 11 is 0. The highest BCUT2D eigenvalue weighted by atomic mass is 15.2. The molecule has 2 saturated heterocycles. The predicted molar refractivity (Wildman–Crippen MR) is 75.0 cm³/mol. The fourth-order valence-corrected chi connectivity index (χ4v) is 3.42. The fourth-order valence-electron chi connectivity index (χ4n) is 3.42. The molecule has 4 heteroatoms. The standard InChI is InChI=1S/C15H20N4/c1-11-5-12(7-16)6-15(17-11)19-9-13-3-4-18(2)8-14(13)10-19/h5-6,13-14H,3-4,8-10H2,1-2H3/t13-,14+/m1/s1. The van der Waals surface area contributed by atoms with Gasteiger partial charge < -0.3 is 9.80 Å². The van der Waals surface area contributed by atoms with Crippen molar-refractivity contribution in [3.63, 3.8) is 0 Å². The third kappa shape index (κ3) is 2.43. The SMILES string of the molecule is Cc1cc(C#N)cc(N2C[C@H]3CCN(C)C[C@H]3C2)n1. The van der Waals surface area contributed by atoms with Crippen LogP contribution < -0.4 is 4.90 Å². The molecular formula is C15H20N4. The number of pyridine rings is 1. The van der Waals surface area contributed by atoms with Crippen molar-refractivity contribution in [3.05, 3.63) is 23.4 Å². The van der Waals surface area contributed by atoms with E-state index in [1.165, 1.54) is 19.5 Å². The van der Waals surface area contributed by atoms with Crippen LogP contribution in [0.1, 0.15) is 17.7 Å². The van der Waals surface area contributed by atoms with Crippen LogP contribution in [0.25, 0.3) is 0 Å². The maximum Gasteiger partial charge on any atom is 0.130 e. The van der Waals surface area contributed by atoms with Gasteiger partial charge in [0.2, 0.25) is 0 Å². The molecule has 0 unspecified atom stereocenters. The van der Waals surface area contributed by atoms with Crippen LogP contribution in [-0.2, 0) is 0 Å². The van der Waals surface area contributed by atoms with E-state index >= 15 is 0 Å². The average molecular weight is 256 g/mol. The molecule has 0 bridgehead atoms. The summed E-state index contributed by atoms with van der Waals surface area (Å²) in [5.41, 5.74) is 1.65. The van der Waals surface area contributed by atoms with Gasteiger partial charge in [0.15, 0.2) is 0 Å². The molecule has 2 atom stereocenters. The van der Waals surface area contributed by atoms with Crippen molar-refractivity contribution in [3.8, 4) is 6.07 Å². The van der Waals surface area contributed by atoms with E-state index in [1.807, 2.05) is 19.1 Å². The van der Waals surface area contributed by atoms with Gasteiger partial charge in [0.05, 0.1) is 11.6 Å². The summed E-state index contributed by atoms with van der Waals surface area (Å²) in [6.07, 6.45) is 1.29. The van der Waals surface area contributed by atoms with Gasteiger partial charge >= 0.3 is 0 Å². The maximum atomic E-state index is 9.07. The molecule has 100 valence electrons. The largest absolute Gasteiger partial charge is 0.356 e. The zero-order chi connectivity index (χ0) is 13.4. The number of anilines is 1. The molecule has 0 spiro atoms. The molecule has 3 rings (SSSR count). The highest BCUT2D eigenvalue weighted by molar-refractivity contribution is 5.47. The Morgan fingerprint density at radius 2 is 2.05 bits per heavy atom. The van der Waals surface area contributed by atoms with E-state index in [1.54, 1.807) is 0 Å². The van der Waals surface area contributed by atoms with Crippen molar-refractivity contribution in [1.82, 2.24) is 9.88 Å². The monoisotopic (exact) mass is 256 g/mol. The molecule has 2 aliphatic heterocycles. The number of fused-ring (bicyclic) bond motifs is 1. The summed E-state index contributed by atoms with van der Waals surface area (Å²) in [5.74, 6) is 2.53. The van der Waals surface area contributed by atoms with Crippen molar-refractivity contribution in [2.75, 3.05) is 38.1 Å². The van der Waals surface area contributed by atoms with Gasteiger partial charge in [-0.1, -0.05) is 0 Å².